The monoisotopic (exact) mass is 350 g/mol. The average molecular weight is 350 g/mol. The third-order valence-electron chi connectivity index (χ3n) is 4.36. The summed E-state index contributed by atoms with van der Waals surface area (Å²) in [4.78, 5) is 23.5. The number of hydrogen-bond donors (Lipinski definition) is 3. The number of aromatic hydroxyl groups is 1. The first-order chi connectivity index (χ1) is 11.8. The molecule has 1 aliphatic carbocycles. The summed E-state index contributed by atoms with van der Waals surface area (Å²) >= 11 is 0. The third kappa shape index (κ3) is 3.31. The van der Waals surface area contributed by atoms with Crippen molar-refractivity contribution in [1.82, 2.24) is 0 Å². The van der Waals surface area contributed by atoms with Crippen molar-refractivity contribution < 1.29 is 39.1 Å². The molecule has 0 spiro atoms. The highest BCUT2D eigenvalue weighted by Gasteiger charge is 2.58. The summed E-state index contributed by atoms with van der Waals surface area (Å²) in [6, 6.07) is 4.59. The fourth-order valence-corrected chi connectivity index (χ4v) is 3.03. The van der Waals surface area contributed by atoms with E-state index in [1.165, 1.54) is 19.3 Å². The number of fused-ring (bicyclic) bond motifs is 2. The Kier molecular flexibility index (Phi) is 4.40. The van der Waals surface area contributed by atoms with E-state index in [9.17, 15) is 24.9 Å². The van der Waals surface area contributed by atoms with Gasteiger partial charge in [-0.1, -0.05) is 6.07 Å². The molecular weight excluding hydrogens is 332 g/mol. The molecule has 4 unspecified atom stereocenters. The van der Waals surface area contributed by atoms with Gasteiger partial charge in [-0.2, -0.15) is 0 Å². The third-order valence-corrected chi connectivity index (χ3v) is 4.36. The number of phenolic OH excluding ortho intramolecular Hbond substituents is 1. The molecular formula is C17H18O8. The summed E-state index contributed by atoms with van der Waals surface area (Å²) in [5.41, 5.74) is -1.18. The molecule has 8 heteroatoms. The lowest BCUT2D eigenvalue weighted by Crippen LogP contribution is -2.50. The standard InChI is InChI=1S/C17H18O8/c1-23-11-4-2-9(6-10(11)18)3-5-14(19)24-12-7-17(22)8-13(15(12)20)25-16(17)21/h2-6,12-13,15,18,20,22H,7-8H2,1H3. The number of aliphatic hydroxyl groups is 2. The van der Waals surface area contributed by atoms with Crippen molar-refractivity contribution in [3.8, 4) is 11.5 Å². The van der Waals surface area contributed by atoms with Crippen LogP contribution in [0, 0.1) is 0 Å². The largest absolute Gasteiger partial charge is 0.504 e. The SMILES string of the molecule is COc1ccc(C=CC(=O)OC2CC3(O)CC(OC3=O)C2O)cc1O. The predicted molar refractivity (Wildman–Crippen MR) is 83.6 cm³/mol. The molecule has 3 N–H and O–H groups in total. The molecule has 2 fully saturated rings. The maximum absolute atomic E-state index is 11.9. The zero-order valence-corrected chi connectivity index (χ0v) is 13.4. The second-order valence-electron chi connectivity index (χ2n) is 6.11. The maximum atomic E-state index is 11.9. The number of hydrogen-bond acceptors (Lipinski definition) is 8. The first kappa shape index (κ1) is 17.2. The van der Waals surface area contributed by atoms with Crippen molar-refractivity contribution in [2.24, 2.45) is 0 Å². The summed E-state index contributed by atoms with van der Waals surface area (Å²) in [6.45, 7) is 0. The van der Waals surface area contributed by atoms with Gasteiger partial charge >= 0.3 is 11.9 Å². The molecule has 1 saturated carbocycles. The molecule has 8 nitrogen and oxygen atoms in total. The van der Waals surface area contributed by atoms with E-state index in [0.29, 0.717) is 11.3 Å². The molecule has 1 heterocycles. The quantitative estimate of drug-likeness (QED) is 0.518. The molecule has 0 amide bonds. The molecule has 134 valence electrons. The molecule has 0 radical (unpaired) electrons. The van der Waals surface area contributed by atoms with Crippen LogP contribution in [0.25, 0.3) is 6.08 Å². The number of aliphatic hydroxyl groups excluding tert-OH is 1. The van der Waals surface area contributed by atoms with Crippen LogP contribution in [0.4, 0.5) is 0 Å². The Morgan fingerprint density at radius 3 is 2.84 bits per heavy atom. The number of benzene rings is 1. The lowest BCUT2D eigenvalue weighted by atomic mass is 9.82. The Balaban J connectivity index is 1.64. The zero-order valence-electron chi connectivity index (χ0n) is 13.4. The van der Waals surface area contributed by atoms with Crippen molar-refractivity contribution in [3.05, 3.63) is 29.8 Å². The molecule has 1 aliphatic heterocycles. The lowest BCUT2D eigenvalue weighted by molar-refractivity contribution is -0.162. The topological polar surface area (TPSA) is 123 Å². The van der Waals surface area contributed by atoms with Crippen LogP contribution in [0.15, 0.2) is 24.3 Å². The molecule has 0 aromatic heterocycles. The van der Waals surface area contributed by atoms with Crippen LogP contribution in [0.2, 0.25) is 0 Å². The number of carbonyl (C=O) groups excluding carboxylic acids is 2. The Labute approximate surface area is 143 Å². The highest BCUT2D eigenvalue weighted by molar-refractivity contribution is 5.87. The predicted octanol–water partition coefficient (Wildman–Crippen LogP) is 0.137. The van der Waals surface area contributed by atoms with Crippen LogP contribution in [0.1, 0.15) is 18.4 Å². The molecule has 2 aliphatic rings. The van der Waals surface area contributed by atoms with E-state index < -0.39 is 35.9 Å². The highest BCUT2D eigenvalue weighted by Crippen LogP contribution is 2.39. The fraction of sp³-hybridized carbons (Fsp3) is 0.412. The van der Waals surface area contributed by atoms with E-state index in [1.807, 2.05) is 0 Å². The van der Waals surface area contributed by atoms with Crippen LogP contribution in [-0.2, 0) is 19.1 Å². The van der Waals surface area contributed by atoms with Crippen molar-refractivity contribution in [1.29, 1.82) is 0 Å². The van der Waals surface area contributed by atoms with Gasteiger partial charge in [-0.3, -0.25) is 0 Å². The minimum absolute atomic E-state index is 0.0119. The van der Waals surface area contributed by atoms with Gasteiger partial charge in [0, 0.05) is 18.9 Å². The Hall–Kier alpha value is -2.58. The van der Waals surface area contributed by atoms with E-state index >= 15 is 0 Å². The van der Waals surface area contributed by atoms with Gasteiger partial charge in [0.25, 0.3) is 0 Å². The van der Waals surface area contributed by atoms with E-state index in [1.54, 1.807) is 12.1 Å². The van der Waals surface area contributed by atoms with Crippen molar-refractivity contribution >= 4 is 18.0 Å². The fourth-order valence-electron chi connectivity index (χ4n) is 3.03. The van der Waals surface area contributed by atoms with E-state index in [2.05, 4.69) is 0 Å². The molecule has 3 rings (SSSR count). The number of phenols is 1. The molecule has 1 saturated heterocycles. The first-order valence-electron chi connectivity index (χ1n) is 7.69. The Morgan fingerprint density at radius 2 is 2.16 bits per heavy atom. The Bertz CT molecular complexity index is 727. The second kappa shape index (κ2) is 6.38. The molecule has 4 atom stereocenters. The van der Waals surface area contributed by atoms with Crippen molar-refractivity contribution in [2.45, 2.75) is 36.8 Å². The smallest absolute Gasteiger partial charge is 0.338 e. The van der Waals surface area contributed by atoms with Gasteiger partial charge in [0.05, 0.1) is 7.11 Å². The van der Waals surface area contributed by atoms with Gasteiger partial charge in [0.1, 0.15) is 18.3 Å². The molecule has 1 aromatic rings. The minimum Gasteiger partial charge on any atom is -0.504 e. The van der Waals surface area contributed by atoms with E-state index in [4.69, 9.17) is 14.2 Å². The number of rotatable bonds is 4. The number of carbonyl (C=O) groups is 2. The van der Waals surface area contributed by atoms with Crippen LogP contribution in [-0.4, -0.2) is 58.3 Å². The summed E-state index contributed by atoms with van der Waals surface area (Å²) in [7, 11) is 1.42. The van der Waals surface area contributed by atoms with Crippen LogP contribution < -0.4 is 4.74 Å². The minimum atomic E-state index is -1.72. The van der Waals surface area contributed by atoms with Gasteiger partial charge < -0.3 is 29.5 Å². The summed E-state index contributed by atoms with van der Waals surface area (Å²) in [5.74, 6) is -1.33. The summed E-state index contributed by atoms with van der Waals surface area (Å²) in [6.07, 6.45) is -0.801. The highest BCUT2D eigenvalue weighted by atomic mass is 16.6. The molecule has 1 aromatic carbocycles. The Morgan fingerprint density at radius 1 is 1.40 bits per heavy atom. The molecule has 25 heavy (non-hydrogen) atoms. The lowest BCUT2D eigenvalue weighted by Gasteiger charge is -2.32. The number of ether oxygens (including phenoxy) is 3. The average Bonchev–Trinajstić information content (AvgIpc) is 2.82. The van der Waals surface area contributed by atoms with E-state index in [-0.39, 0.29) is 18.6 Å². The summed E-state index contributed by atoms with van der Waals surface area (Å²) < 4.78 is 15.0. The molecule has 2 bridgehead atoms. The summed E-state index contributed by atoms with van der Waals surface area (Å²) in [5, 5.41) is 29.9. The first-order valence-corrected chi connectivity index (χ1v) is 7.69. The van der Waals surface area contributed by atoms with Crippen LogP contribution in [0.5, 0.6) is 11.5 Å². The van der Waals surface area contributed by atoms with Crippen molar-refractivity contribution in [2.75, 3.05) is 7.11 Å². The van der Waals surface area contributed by atoms with Gasteiger partial charge in [-0.15, -0.1) is 0 Å². The van der Waals surface area contributed by atoms with Gasteiger partial charge in [0.15, 0.2) is 17.1 Å². The number of methoxy groups -OCH3 is 1. The maximum Gasteiger partial charge on any atom is 0.338 e. The zero-order chi connectivity index (χ0) is 18.2. The van der Waals surface area contributed by atoms with Crippen molar-refractivity contribution in [3.63, 3.8) is 0 Å². The van der Waals surface area contributed by atoms with Crippen LogP contribution >= 0.6 is 0 Å². The second-order valence-corrected chi connectivity index (χ2v) is 6.11. The van der Waals surface area contributed by atoms with Gasteiger partial charge in [0.2, 0.25) is 0 Å². The van der Waals surface area contributed by atoms with Crippen LogP contribution in [0.3, 0.4) is 0 Å². The number of esters is 2. The van der Waals surface area contributed by atoms with Gasteiger partial charge in [-0.05, 0) is 23.8 Å². The van der Waals surface area contributed by atoms with E-state index in [0.717, 1.165) is 6.08 Å². The normalized spacial score (nSPS) is 31.0. The van der Waals surface area contributed by atoms with Gasteiger partial charge in [-0.25, -0.2) is 9.59 Å².